The van der Waals surface area contributed by atoms with Crippen LogP contribution in [0.4, 0.5) is 0 Å². The van der Waals surface area contributed by atoms with Gasteiger partial charge in [0.1, 0.15) is 6.61 Å². The zero-order chi connectivity index (χ0) is 12.8. The van der Waals surface area contributed by atoms with Crippen molar-refractivity contribution in [3.05, 3.63) is 21.9 Å². The minimum Gasteiger partial charge on any atom is -0.384 e. The van der Waals surface area contributed by atoms with E-state index >= 15 is 0 Å². The van der Waals surface area contributed by atoms with E-state index in [0.717, 1.165) is 36.4 Å². The van der Waals surface area contributed by atoms with Gasteiger partial charge in [0.2, 0.25) is 0 Å². The number of thiophene rings is 1. The summed E-state index contributed by atoms with van der Waals surface area (Å²) in [5.41, 5.74) is 0.726. The molecule has 2 rings (SSSR count). The van der Waals surface area contributed by atoms with Crippen LogP contribution < -0.4 is 0 Å². The second-order valence-corrected chi connectivity index (χ2v) is 5.28. The van der Waals surface area contributed by atoms with Gasteiger partial charge in [-0.1, -0.05) is 24.7 Å². The van der Waals surface area contributed by atoms with Crippen molar-refractivity contribution in [3.63, 3.8) is 0 Å². The predicted molar refractivity (Wildman–Crippen MR) is 72.7 cm³/mol. The third-order valence-electron chi connectivity index (χ3n) is 3.03. The molecule has 18 heavy (non-hydrogen) atoms. The van der Waals surface area contributed by atoms with Crippen LogP contribution in [-0.4, -0.2) is 35.6 Å². The monoisotopic (exact) mass is 263 g/mol. The highest BCUT2D eigenvalue weighted by atomic mass is 32.1. The summed E-state index contributed by atoms with van der Waals surface area (Å²) in [6, 6.07) is 1.82. The number of aliphatic hydroxyl groups is 1. The number of likely N-dealkylation sites (tertiary alicyclic amines) is 1. The van der Waals surface area contributed by atoms with Crippen LogP contribution in [0.2, 0.25) is 0 Å². The summed E-state index contributed by atoms with van der Waals surface area (Å²) in [5, 5.41) is 10.5. The molecule has 0 spiro atoms. The number of nitrogens with zero attached hydrogens (tertiary/aromatic N) is 1. The molecular formula is C14H17NO2S. The number of hydrogen-bond acceptors (Lipinski definition) is 3. The van der Waals surface area contributed by atoms with Crippen molar-refractivity contribution < 1.29 is 9.90 Å². The maximum Gasteiger partial charge on any atom is 0.254 e. The van der Waals surface area contributed by atoms with Crippen LogP contribution in [0.3, 0.4) is 0 Å². The van der Waals surface area contributed by atoms with Crippen molar-refractivity contribution in [2.75, 3.05) is 19.7 Å². The molecule has 0 bridgehead atoms. The van der Waals surface area contributed by atoms with Gasteiger partial charge < -0.3 is 10.0 Å². The topological polar surface area (TPSA) is 40.5 Å². The highest BCUT2D eigenvalue weighted by molar-refractivity contribution is 7.10. The zero-order valence-electron chi connectivity index (χ0n) is 10.3. The van der Waals surface area contributed by atoms with Crippen LogP contribution >= 0.6 is 11.3 Å². The minimum atomic E-state index is -0.146. The Bertz CT molecular complexity index is 462. The van der Waals surface area contributed by atoms with Gasteiger partial charge in [-0.05, 0) is 18.9 Å². The Morgan fingerprint density at radius 3 is 2.72 bits per heavy atom. The predicted octanol–water partition coefficient (Wildman–Crippen LogP) is 2.11. The molecule has 4 heteroatoms. The third kappa shape index (κ3) is 3.34. The molecule has 0 radical (unpaired) electrons. The molecular weight excluding hydrogens is 246 g/mol. The Balaban J connectivity index is 2.05. The van der Waals surface area contributed by atoms with Crippen molar-refractivity contribution >= 4 is 17.2 Å². The first-order valence-electron chi connectivity index (χ1n) is 6.29. The molecule has 1 aromatic rings. The fourth-order valence-electron chi connectivity index (χ4n) is 2.10. The number of amides is 1. The van der Waals surface area contributed by atoms with E-state index in [0.29, 0.717) is 0 Å². The van der Waals surface area contributed by atoms with Gasteiger partial charge in [0.25, 0.3) is 5.91 Å². The molecule has 1 aliphatic heterocycles. The highest BCUT2D eigenvalue weighted by Gasteiger charge is 2.18. The lowest BCUT2D eigenvalue weighted by Gasteiger charge is -2.19. The first-order chi connectivity index (χ1) is 8.81. The van der Waals surface area contributed by atoms with Gasteiger partial charge in [0.15, 0.2) is 0 Å². The molecule has 0 aromatic carbocycles. The van der Waals surface area contributed by atoms with Crippen LogP contribution in [0.1, 0.15) is 40.9 Å². The standard InChI is InChI=1S/C14H17NO2S/c16-9-5-6-13-10-12(11-18-13)14(17)15-7-3-1-2-4-8-15/h10-11,16H,1-4,7-9H2. The first kappa shape index (κ1) is 13.1. The number of rotatable bonds is 1. The summed E-state index contributed by atoms with van der Waals surface area (Å²) >= 11 is 1.45. The van der Waals surface area contributed by atoms with E-state index in [1.807, 2.05) is 16.3 Å². The second kappa shape index (κ2) is 6.58. The molecule has 1 N–H and O–H groups in total. The molecule has 3 nitrogen and oxygen atoms in total. The lowest BCUT2D eigenvalue weighted by Crippen LogP contribution is -2.31. The minimum absolute atomic E-state index is 0.116. The second-order valence-electron chi connectivity index (χ2n) is 4.37. The van der Waals surface area contributed by atoms with Gasteiger partial charge >= 0.3 is 0 Å². The molecule has 1 aromatic heterocycles. The molecule has 0 atom stereocenters. The maximum atomic E-state index is 12.3. The van der Waals surface area contributed by atoms with E-state index in [1.54, 1.807) is 0 Å². The van der Waals surface area contributed by atoms with E-state index in [1.165, 1.54) is 24.2 Å². The highest BCUT2D eigenvalue weighted by Crippen LogP contribution is 2.18. The molecule has 2 heterocycles. The van der Waals surface area contributed by atoms with E-state index < -0.39 is 0 Å². The Morgan fingerprint density at radius 2 is 2.06 bits per heavy atom. The number of hydrogen-bond donors (Lipinski definition) is 1. The first-order valence-corrected chi connectivity index (χ1v) is 7.17. The molecule has 1 fully saturated rings. The normalized spacial score (nSPS) is 15.7. The largest absolute Gasteiger partial charge is 0.384 e. The fraction of sp³-hybridized carbons (Fsp3) is 0.500. The van der Waals surface area contributed by atoms with Crippen molar-refractivity contribution in [2.24, 2.45) is 0 Å². The van der Waals surface area contributed by atoms with Gasteiger partial charge in [-0.15, -0.1) is 11.3 Å². The van der Waals surface area contributed by atoms with Crippen LogP contribution in [-0.2, 0) is 0 Å². The van der Waals surface area contributed by atoms with Crippen LogP contribution in [0.15, 0.2) is 11.4 Å². The number of carbonyl (C=O) groups excluding carboxylic acids is 1. The number of carbonyl (C=O) groups is 1. The Hall–Kier alpha value is -1.31. The zero-order valence-corrected chi connectivity index (χ0v) is 11.1. The molecule has 0 aliphatic carbocycles. The summed E-state index contributed by atoms with van der Waals surface area (Å²) in [4.78, 5) is 15.1. The van der Waals surface area contributed by atoms with E-state index in [-0.39, 0.29) is 12.5 Å². The third-order valence-corrected chi connectivity index (χ3v) is 3.88. The van der Waals surface area contributed by atoms with Crippen molar-refractivity contribution in [2.45, 2.75) is 25.7 Å². The van der Waals surface area contributed by atoms with Crippen LogP contribution in [0.25, 0.3) is 0 Å². The average Bonchev–Trinajstić information content (AvgIpc) is 2.69. The smallest absolute Gasteiger partial charge is 0.254 e. The SMILES string of the molecule is O=C(c1csc(C#CCO)c1)N1CCCCCC1. The van der Waals surface area contributed by atoms with Gasteiger partial charge in [-0.25, -0.2) is 0 Å². The molecule has 0 saturated carbocycles. The molecule has 1 saturated heterocycles. The molecule has 1 aliphatic rings. The van der Waals surface area contributed by atoms with Crippen LogP contribution in [0.5, 0.6) is 0 Å². The van der Waals surface area contributed by atoms with Crippen LogP contribution in [0, 0.1) is 11.8 Å². The van der Waals surface area contributed by atoms with E-state index in [9.17, 15) is 4.79 Å². The van der Waals surface area contributed by atoms with Crippen molar-refractivity contribution in [3.8, 4) is 11.8 Å². The van der Waals surface area contributed by atoms with E-state index in [4.69, 9.17) is 5.11 Å². The maximum absolute atomic E-state index is 12.3. The van der Waals surface area contributed by atoms with Gasteiger partial charge in [-0.3, -0.25) is 4.79 Å². The Labute approximate surface area is 111 Å². The van der Waals surface area contributed by atoms with Gasteiger partial charge in [-0.2, -0.15) is 0 Å². The quantitative estimate of drug-likeness (QED) is 0.788. The summed E-state index contributed by atoms with van der Waals surface area (Å²) < 4.78 is 0. The average molecular weight is 263 g/mol. The lowest BCUT2D eigenvalue weighted by molar-refractivity contribution is 0.0762. The number of aliphatic hydroxyl groups excluding tert-OH is 1. The summed E-state index contributed by atoms with van der Waals surface area (Å²) in [5.74, 6) is 5.55. The van der Waals surface area contributed by atoms with Gasteiger partial charge in [0, 0.05) is 18.5 Å². The Morgan fingerprint density at radius 1 is 1.33 bits per heavy atom. The summed E-state index contributed by atoms with van der Waals surface area (Å²) in [6.45, 7) is 1.59. The van der Waals surface area contributed by atoms with E-state index in [2.05, 4.69) is 11.8 Å². The van der Waals surface area contributed by atoms with Crippen molar-refractivity contribution in [1.82, 2.24) is 4.90 Å². The molecule has 0 unspecified atom stereocenters. The van der Waals surface area contributed by atoms with Gasteiger partial charge in [0.05, 0.1) is 10.4 Å². The molecule has 1 amide bonds. The molecule has 96 valence electrons. The summed E-state index contributed by atoms with van der Waals surface area (Å²) in [6.07, 6.45) is 4.65. The fourth-order valence-corrected chi connectivity index (χ4v) is 2.85. The lowest BCUT2D eigenvalue weighted by atomic mass is 10.2. The van der Waals surface area contributed by atoms with Crippen molar-refractivity contribution in [1.29, 1.82) is 0 Å². The Kier molecular flexibility index (Phi) is 4.80. The summed E-state index contributed by atoms with van der Waals surface area (Å²) in [7, 11) is 0.